The molecule has 1 aromatic carbocycles. The van der Waals surface area contributed by atoms with Crippen LogP contribution in [0.15, 0.2) is 18.2 Å². The van der Waals surface area contributed by atoms with Gasteiger partial charge < -0.3 is 15.4 Å². The van der Waals surface area contributed by atoms with Crippen LogP contribution in [0.25, 0.3) is 0 Å². The lowest BCUT2D eigenvalue weighted by Gasteiger charge is -2.17. The molecule has 1 aliphatic rings. The number of aryl methyl sites for hydroxylation is 3. The summed E-state index contributed by atoms with van der Waals surface area (Å²) < 4.78 is 5.20. The molecule has 166 valence electrons. The second-order valence-electron chi connectivity index (χ2n) is 7.82. The number of carbonyl (C=O) groups excluding carboxylic acids is 3. The molecule has 7 nitrogen and oxygen atoms in total. The predicted octanol–water partition coefficient (Wildman–Crippen LogP) is 3.54. The van der Waals surface area contributed by atoms with Crippen LogP contribution in [0.3, 0.4) is 0 Å². The van der Waals surface area contributed by atoms with Gasteiger partial charge in [0.25, 0.3) is 0 Å². The number of rotatable bonds is 8. The van der Waals surface area contributed by atoms with Gasteiger partial charge in [0, 0.05) is 10.6 Å². The summed E-state index contributed by atoms with van der Waals surface area (Å²) in [7, 11) is 1.71. The maximum Gasteiger partial charge on any atom is 0.341 e. The van der Waals surface area contributed by atoms with Crippen molar-refractivity contribution < 1.29 is 19.1 Å². The molecule has 0 aliphatic heterocycles. The van der Waals surface area contributed by atoms with Crippen molar-refractivity contribution >= 4 is 39.8 Å². The van der Waals surface area contributed by atoms with E-state index in [0.29, 0.717) is 10.6 Å². The average Bonchev–Trinajstić information content (AvgIpc) is 3.25. The first kappa shape index (κ1) is 23.0. The Morgan fingerprint density at radius 3 is 2.35 bits per heavy atom. The molecule has 2 aromatic rings. The zero-order chi connectivity index (χ0) is 22.5. The summed E-state index contributed by atoms with van der Waals surface area (Å²) in [6, 6.07) is 5.83. The highest BCUT2D eigenvalue weighted by Gasteiger charge is 2.28. The Kier molecular flexibility index (Phi) is 7.46. The minimum Gasteiger partial charge on any atom is -0.462 e. The number of ether oxygens (including phenoxy) is 1. The second-order valence-corrected chi connectivity index (χ2v) is 8.92. The maximum absolute atomic E-state index is 12.6. The molecule has 1 aromatic heterocycles. The standard InChI is InChI=1S/C23H29N3O4S/c1-5-30-23(29)20-16-10-7-11-17(16)31-22(20)25-19(28)13-26(4)12-18(27)24-21-14(2)8-6-9-15(21)3/h6,8-9H,5,7,10-13H2,1-4H3,(H,24,27)(H,25,28). The van der Waals surface area contributed by atoms with Crippen molar-refractivity contribution in [2.45, 2.75) is 40.0 Å². The molecule has 1 aliphatic carbocycles. The van der Waals surface area contributed by atoms with E-state index in [1.807, 2.05) is 32.0 Å². The highest BCUT2D eigenvalue weighted by molar-refractivity contribution is 7.17. The summed E-state index contributed by atoms with van der Waals surface area (Å²) in [5, 5.41) is 6.32. The summed E-state index contributed by atoms with van der Waals surface area (Å²) in [4.78, 5) is 40.2. The van der Waals surface area contributed by atoms with E-state index in [0.717, 1.165) is 46.5 Å². The molecule has 2 amide bonds. The van der Waals surface area contributed by atoms with E-state index in [1.54, 1.807) is 18.9 Å². The van der Waals surface area contributed by atoms with Crippen LogP contribution in [0.5, 0.6) is 0 Å². The van der Waals surface area contributed by atoms with Crippen LogP contribution in [0.1, 0.15) is 45.3 Å². The lowest BCUT2D eigenvalue weighted by atomic mass is 10.1. The molecule has 0 fully saturated rings. The van der Waals surface area contributed by atoms with Crippen LogP contribution >= 0.6 is 11.3 Å². The van der Waals surface area contributed by atoms with Gasteiger partial charge in [0.05, 0.1) is 25.3 Å². The van der Waals surface area contributed by atoms with E-state index >= 15 is 0 Å². The first-order valence-electron chi connectivity index (χ1n) is 10.5. The van der Waals surface area contributed by atoms with Crippen LogP contribution in [0.2, 0.25) is 0 Å². The van der Waals surface area contributed by atoms with E-state index in [1.165, 1.54) is 11.3 Å². The zero-order valence-corrected chi connectivity index (χ0v) is 19.3. The van der Waals surface area contributed by atoms with Crippen molar-refractivity contribution in [3.05, 3.63) is 45.3 Å². The monoisotopic (exact) mass is 443 g/mol. The molecular weight excluding hydrogens is 414 g/mol. The SMILES string of the molecule is CCOC(=O)c1c(NC(=O)CN(C)CC(=O)Nc2c(C)cccc2C)sc2c1CCC2. The first-order chi connectivity index (χ1) is 14.8. The fraction of sp³-hybridized carbons (Fsp3) is 0.435. The smallest absolute Gasteiger partial charge is 0.341 e. The molecule has 0 unspecified atom stereocenters. The number of likely N-dealkylation sites (N-methyl/N-ethyl adjacent to an activating group) is 1. The fourth-order valence-electron chi connectivity index (χ4n) is 3.81. The van der Waals surface area contributed by atoms with Gasteiger partial charge >= 0.3 is 5.97 Å². The average molecular weight is 444 g/mol. The highest BCUT2D eigenvalue weighted by Crippen LogP contribution is 2.39. The van der Waals surface area contributed by atoms with E-state index < -0.39 is 5.97 Å². The van der Waals surface area contributed by atoms with Crippen molar-refractivity contribution in [3.8, 4) is 0 Å². The predicted molar refractivity (Wildman–Crippen MR) is 123 cm³/mol. The second kappa shape index (κ2) is 10.1. The summed E-state index contributed by atoms with van der Waals surface area (Å²) >= 11 is 1.45. The minimum atomic E-state index is -0.390. The van der Waals surface area contributed by atoms with Gasteiger partial charge in [-0.15, -0.1) is 11.3 Å². The number of para-hydroxylation sites is 1. The number of nitrogens with zero attached hydrogens (tertiary/aromatic N) is 1. The lowest BCUT2D eigenvalue weighted by molar-refractivity contribution is -0.119. The molecule has 8 heteroatoms. The van der Waals surface area contributed by atoms with Crippen LogP contribution in [-0.4, -0.2) is 49.4 Å². The van der Waals surface area contributed by atoms with Crippen LogP contribution in [0, 0.1) is 13.8 Å². The van der Waals surface area contributed by atoms with E-state index in [4.69, 9.17) is 4.74 Å². The normalized spacial score (nSPS) is 12.5. The minimum absolute atomic E-state index is 0.0327. The number of carbonyl (C=O) groups is 3. The van der Waals surface area contributed by atoms with Crippen molar-refractivity contribution in [1.82, 2.24) is 4.90 Å². The molecule has 1 heterocycles. The quantitative estimate of drug-likeness (QED) is 0.610. The van der Waals surface area contributed by atoms with Gasteiger partial charge in [-0.3, -0.25) is 14.5 Å². The van der Waals surface area contributed by atoms with Crippen molar-refractivity contribution in [3.63, 3.8) is 0 Å². The van der Waals surface area contributed by atoms with Crippen molar-refractivity contribution in [2.75, 3.05) is 37.4 Å². The summed E-state index contributed by atoms with van der Waals surface area (Å²) in [5.41, 5.74) is 4.28. The van der Waals surface area contributed by atoms with Gasteiger partial charge in [-0.1, -0.05) is 18.2 Å². The van der Waals surface area contributed by atoms with Crippen LogP contribution < -0.4 is 10.6 Å². The number of benzene rings is 1. The Bertz CT molecular complexity index is 979. The number of nitrogens with one attached hydrogen (secondary N) is 2. The van der Waals surface area contributed by atoms with E-state index in [2.05, 4.69) is 10.6 Å². The number of anilines is 2. The van der Waals surface area contributed by atoms with Gasteiger partial charge in [0.1, 0.15) is 5.00 Å². The Labute approximate surface area is 186 Å². The first-order valence-corrected chi connectivity index (χ1v) is 11.3. The topological polar surface area (TPSA) is 87.7 Å². The number of esters is 1. The van der Waals surface area contributed by atoms with Gasteiger partial charge in [-0.05, 0) is 63.8 Å². The zero-order valence-electron chi connectivity index (χ0n) is 18.5. The van der Waals surface area contributed by atoms with Gasteiger partial charge in [-0.25, -0.2) is 4.79 Å². The number of fused-ring (bicyclic) bond motifs is 1. The summed E-state index contributed by atoms with van der Waals surface area (Å²) in [5.74, 6) is -0.846. The Morgan fingerprint density at radius 1 is 1.06 bits per heavy atom. The van der Waals surface area contributed by atoms with Gasteiger partial charge in [0.2, 0.25) is 11.8 Å². The third-order valence-corrected chi connectivity index (χ3v) is 6.43. The molecule has 0 saturated carbocycles. The largest absolute Gasteiger partial charge is 0.462 e. The van der Waals surface area contributed by atoms with E-state index in [9.17, 15) is 14.4 Å². The number of thiophene rings is 1. The molecule has 0 bridgehead atoms. The molecule has 0 radical (unpaired) electrons. The molecule has 3 rings (SSSR count). The van der Waals surface area contributed by atoms with Crippen LogP contribution in [0.4, 0.5) is 10.7 Å². The summed E-state index contributed by atoms with van der Waals surface area (Å²) in [6.07, 6.45) is 2.76. The molecular formula is C23H29N3O4S. The number of amides is 2. The van der Waals surface area contributed by atoms with Gasteiger partial charge in [-0.2, -0.15) is 0 Å². The third-order valence-electron chi connectivity index (χ3n) is 5.23. The fourth-order valence-corrected chi connectivity index (χ4v) is 5.11. The van der Waals surface area contributed by atoms with E-state index in [-0.39, 0.29) is 31.5 Å². The Balaban J connectivity index is 1.60. The molecule has 0 spiro atoms. The highest BCUT2D eigenvalue weighted by atomic mass is 32.1. The molecule has 2 N–H and O–H groups in total. The lowest BCUT2D eigenvalue weighted by Crippen LogP contribution is -2.36. The maximum atomic E-state index is 12.6. The molecule has 0 saturated heterocycles. The Morgan fingerprint density at radius 2 is 1.71 bits per heavy atom. The van der Waals surface area contributed by atoms with Crippen molar-refractivity contribution in [1.29, 1.82) is 0 Å². The number of hydrogen-bond acceptors (Lipinski definition) is 6. The van der Waals surface area contributed by atoms with Crippen LogP contribution in [-0.2, 0) is 27.2 Å². The Hall–Kier alpha value is -2.71. The van der Waals surface area contributed by atoms with Gasteiger partial charge in [0.15, 0.2) is 0 Å². The van der Waals surface area contributed by atoms with Crippen molar-refractivity contribution in [2.24, 2.45) is 0 Å². The molecule has 0 atom stereocenters. The molecule has 31 heavy (non-hydrogen) atoms. The third kappa shape index (κ3) is 5.51. The number of hydrogen-bond donors (Lipinski definition) is 2. The summed E-state index contributed by atoms with van der Waals surface area (Å²) in [6.45, 7) is 6.05.